The van der Waals surface area contributed by atoms with Gasteiger partial charge in [0, 0.05) is 19.6 Å². The molecule has 0 saturated carbocycles. The molecule has 19 heavy (non-hydrogen) atoms. The minimum Gasteiger partial charge on any atom is -0.306 e. The molecule has 3 aliphatic rings. The van der Waals surface area contributed by atoms with Crippen LogP contribution in [0.25, 0.3) is 0 Å². The molecule has 0 aromatic carbocycles. The van der Waals surface area contributed by atoms with Crippen LogP contribution in [0.2, 0.25) is 0 Å². The summed E-state index contributed by atoms with van der Waals surface area (Å²) in [5, 5.41) is 0. The van der Waals surface area contributed by atoms with Crippen molar-refractivity contribution in [3.8, 4) is 0 Å². The Bertz CT molecular complexity index is 280. The first-order valence-corrected chi connectivity index (χ1v) is 8.32. The first-order chi connectivity index (χ1) is 9.19. The van der Waals surface area contributed by atoms with Crippen molar-refractivity contribution in [3.63, 3.8) is 0 Å². The number of rotatable bonds is 3. The van der Waals surface area contributed by atoms with E-state index >= 15 is 0 Å². The van der Waals surface area contributed by atoms with E-state index in [1.54, 1.807) is 0 Å². The molecule has 0 amide bonds. The van der Waals surface area contributed by atoms with Crippen LogP contribution in [-0.4, -0.2) is 74.1 Å². The van der Waals surface area contributed by atoms with Gasteiger partial charge in [0.15, 0.2) is 0 Å². The fourth-order valence-electron chi connectivity index (χ4n) is 4.29. The molecule has 0 unspecified atom stereocenters. The largest absolute Gasteiger partial charge is 0.306 e. The van der Waals surface area contributed by atoms with Crippen LogP contribution in [0, 0.1) is 11.3 Å². The predicted molar refractivity (Wildman–Crippen MR) is 80.4 cm³/mol. The normalized spacial score (nSPS) is 30.6. The molecule has 3 aliphatic heterocycles. The lowest BCUT2D eigenvalue weighted by Gasteiger charge is -2.55. The zero-order chi connectivity index (χ0) is 13.3. The van der Waals surface area contributed by atoms with Crippen molar-refractivity contribution in [3.05, 3.63) is 0 Å². The number of hydrogen-bond donors (Lipinski definition) is 0. The lowest BCUT2D eigenvalue weighted by atomic mass is 9.71. The molecule has 3 saturated heterocycles. The van der Waals surface area contributed by atoms with Crippen LogP contribution in [0.3, 0.4) is 0 Å². The minimum atomic E-state index is 0.719. The number of piperidine rings is 2. The van der Waals surface area contributed by atoms with Gasteiger partial charge in [-0.05, 0) is 76.8 Å². The summed E-state index contributed by atoms with van der Waals surface area (Å²) in [5.41, 5.74) is 0.719. The van der Waals surface area contributed by atoms with E-state index in [0.29, 0.717) is 0 Å². The van der Waals surface area contributed by atoms with E-state index in [2.05, 4.69) is 28.7 Å². The summed E-state index contributed by atoms with van der Waals surface area (Å²) in [5.74, 6) is 0.978. The third-order valence-electron chi connectivity index (χ3n) is 5.84. The minimum absolute atomic E-state index is 0.719. The Balaban J connectivity index is 1.38. The van der Waals surface area contributed by atoms with Crippen molar-refractivity contribution in [2.75, 3.05) is 59.4 Å². The van der Waals surface area contributed by atoms with Gasteiger partial charge in [0.25, 0.3) is 0 Å². The zero-order valence-electron chi connectivity index (χ0n) is 12.9. The van der Waals surface area contributed by atoms with Crippen LogP contribution in [0.1, 0.15) is 32.6 Å². The van der Waals surface area contributed by atoms with Gasteiger partial charge in [0.2, 0.25) is 0 Å². The van der Waals surface area contributed by atoms with Crippen LogP contribution in [0.15, 0.2) is 0 Å². The van der Waals surface area contributed by atoms with Crippen molar-refractivity contribution in [1.29, 1.82) is 0 Å². The molecule has 0 aliphatic carbocycles. The highest BCUT2D eigenvalue weighted by Gasteiger charge is 2.44. The van der Waals surface area contributed by atoms with Crippen LogP contribution in [0.5, 0.6) is 0 Å². The van der Waals surface area contributed by atoms with Crippen molar-refractivity contribution in [1.82, 2.24) is 14.7 Å². The fourth-order valence-corrected chi connectivity index (χ4v) is 4.29. The van der Waals surface area contributed by atoms with Crippen LogP contribution in [0.4, 0.5) is 0 Å². The summed E-state index contributed by atoms with van der Waals surface area (Å²) in [6.07, 6.45) is 5.74. The molecular weight excluding hydrogens is 234 g/mol. The van der Waals surface area contributed by atoms with Gasteiger partial charge in [-0.25, -0.2) is 0 Å². The lowest BCUT2D eigenvalue weighted by Crippen LogP contribution is -2.61. The maximum atomic E-state index is 2.75. The van der Waals surface area contributed by atoms with E-state index in [4.69, 9.17) is 0 Å². The summed E-state index contributed by atoms with van der Waals surface area (Å²) in [6.45, 7) is 13.0. The standard InChI is InChI=1S/C16H31N3/c1-3-18-8-4-15(5-9-18)12-19-13-16(14-19)6-10-17(2)11-7-16/h15H,3-14H2,1-2H3. The third-order valence-corrected chi connectivity index (χ3v) is 5.84. The average Bonchev–Trinajstić information content (AvgIpc) is 2.40. The second kappa shape index (κ2) is 5.71. The molecule has 3 rings (SSSR count). The molecular formula is C16H31N3. The van der Waals surface area contributed by atoms with Gasteiger partial charge < -0.3 is 14.7 Å². The molecule has 0 atom stereocenters. The lowest BCUT2D eigenvalue weighted by molar-refractivity contribution is -0.0531. The molecule has 110 valence electrons. The van der Waals surface area contributed by atoms with E-state index in [0.717, 1.165) is 11.3 Å². The van der Waals surface area contributed by atoms with Gasteiger partial charge in [0.1, 0.15) is 0 Å². The predicted octanol–water partition coefficient (Wildman–Crippen LogP) is 1.75. The number of hydrogen-bond acceptors (Lipinski definition) is 3. The van der Waals surface area contributed by atoms with Crippen molar-refractivity contribution in [2.24, 2.45) is 11.3 Å². The Morgan fingerprint density at radius 2 is 1.58 bits per heavy atom. The topological polar surface area (TPSA) is 9.72 Å². The highest BCUT2D eigenvalue weighted by molar-refractivity contribution is 4.98. The van der Waals surface area contributed by atoms with E-state index in [9.17, 15) is 0 Å². The molecule has 0 aromatic heterocycles. The average molecular weight is 265 g/mol. The van der Waals surface area contributed by atoms with Gasteiger partial charge in [-0.3, -0.25) is 0 Å². The first-order valence-electron chi connectivity index (χ1n) is 8.32. The highest BCUT2D eigenvalue weighted by Crippen LogP contribution is 2.40. The van der Waals surface area contributed by atoms with Crippen LogP contribution in [-0.2, 0) is 0 Å². The molecule has 0 aromatic rings. The van der Waals surface area contributed by atoms with Gasteiger partial charge in [-0.15, -0.1) is 0 Å². The molecule has 3 nitrogen and oxygen atoms in total. The van der Waals surface area contributed by atoms with E-state index in [-0.39, 0.29) is 0 Å². The van der Waals surface area contributed by atoms with E-state index in [1.165, 1.54) is 78.0 Å². The van der Waals surface area contributed by atoms with Gasteiger partial charge in [-0.1, -0.05) is 6.92 Å². The quantitative estimate of drug-likeness (QED) is 0.770. The number of likely N-dealkylation sites (tertiary alicyclic amines) is 3. The van der Waals surface area contributed by atoms with Crippen LogP contribution >= 0.6 is 0 Å². The maximum absolute atomic E-state index is 2.75. The maximum Gasteiger partial charge on any atom is 0.00516 e. The summed E-state index contributed by atoms with van der Waals surface area (Å²) in [7, 11) is 2.27. The molecule has 1 spiro atoms. The molecule has 3 heterocycles. The summed E-state index contributed by atoms with van der Waals surface area (Å²) < 4.78 is 0. The molecule has 0 bridgehead atoms. The van der Waals surface area contributed by atoms with Gasteiger partial charge in [-0.2, -0.15) is 0 Å². The fraction of sp³-hybridized carbons (Fsp3) is 1.00. The highest BCUT2D eigenvalue weighted by atomic mass is 15.2. The molecule has 0 radical (unpaired) electrons. The Morgan fingerprint density at radius 3 is 2.16 bits per heavy atom. The SMILES string of the molecule is CCN1CCC(CN2CC3(CCN(C)CC3)C2)CC1. The third kappa shape index (κ3) is 3.14. The monoisotopic (exact) mass is 265 g/mol. The molecule has 3 heteroatoms. The number of nitrogens with zero attached hydrogens (tertiary/aromatic N) is 3. The van der Waals surface area contributed by atoms with E-state index < -0.39 is 0 Å². The first kappa shape index (κ1) is 13.8. The molecule has 0 N–H and O–H groups in total. The molecule has 3 fully saturated rings. The zero-order valence-corrected chi connectivity index (χ0v) is 12.9. The Morgan fingerprint density at radius 1 is 0.947 bits per heavy atom. The second-order valence-corrected chi connectivity index (χ2v) is 7.35. The van der Waals surface area contributed by atoms with Gasteiger partial charge >= 0.3 is 0 Å². The Hall–Kier alpha value is -0.120. The van der Waals surface area contributed by atoms with E-state index in [1.807, 2.05) is 0 Å². The van der Waals surface area contributed by atoms with Gasteiger partial charge in [0.05, 0.1) is 0 Å². The van der Waals surface area contributed by atoms with Crippen molar-refractivity contribution < 1.29 is 0 Å². The summed E-state index contributed by atoms with van der Waals surface area (Å²) in [4.78, 5) is 7.84. The van der Waals surface area contributed by atoms with Crippen LogP contribution < -0.4 is 0 Å². The second-order valence-electron chi connectivity index (χ2n) is 7.35. The smallest absolute Gasteiger partial charge is 0.00516 e. The van der Waals surface area contributed by atoms with Crippen molar-refractivity contribution in [2.45, 2.75) is 32.6 Å². The Kier molecular flexibility index (Phi) is 4.16. The summed E-state index contributed by atoms with van der Waals surface area (Å²) >= 11 is 0. The Labute approximate surface area is 118 Å². The summed E-state index contributed by atoms with van der Waals surface area (Å²) in [6, 6.07) is 0. The van der Waals surface area contributed by atoms with Crippen molar-refractivity contribution >= 4 is 0 Å².